The Labute approximate surface area is 149 Å². The summed E-state index contributed by atoms with van der Waals surface area (Å²) in [5.74, 6) is 1.26. The van der Waals surface area contributed by atoms with Gasteiger partial charge in [-0.15, -0.1) is 0 Å². The highest BCUT2D eigenvalue weighted by atomic mass is 19.1. The van der Waals surface area contributed by atoms with Crippen molar-refractivity contribution in [3.8, 4) is 0 Å². The second-order valence-electron chi connectivity index (χ2n) is 7.82. The van der Waals surface area contributed by atoms with Crippen molar-refractivity contribution in [1.82, 2.24) is 10.6 Å². The highest BCUT2D eigenvalue weighted by Crippen LogP contribution is 2.60. The van der Waals surface area contributed by atoms with Gasteiger partial charge in [0.1, 0.15) is 5.82 Å². The molecule has 4 rings (SSSR count). The van der Waals surface area contributed by atoms with Crippen LogP contribution in [0.2, 0.25) is 0 Å². The van der Waals surface area contributed by atoms with Crippen LogP contribution in [0.5, 0.6) is 0 Å². The van der Waals surface area contributed by atoms with E-state index >= 15 is 0 Å². The number of benzene rings is 1. The normalized spacial score (nSPS) is 30.2. The quantitative estimate of drug-likeness (QED) is 0.653. The number of aryl methyl sites for hydroxylation is 1. The van der Waals surface area contributed by atoms with Crippen molar-refractivity contribution in [2.45, 2.75) is 57.7 Å². The van der Waals surface area contributed by atoms with Crippen LogP contribution in [0, 0.1) is 24.1 Å². The van der Waals surface area contributed by atoms with Crippen molar-refractivity contribution in [2.75, 3.05) is 13.7 Å². The molecule has 25 heavy (non-hydrogen) atoms. The van der Waals surface area contributed by atoms with Gasteiger partial charge in [-0.25, -0.2) is 4.39 Å². The molecule has 1 aromatic rings. The maximum atomic E-state index is 13.7. The number of ether oxygens (including phenoxy) is 1. The SMILES string of the molecule is CN=C(NCc1ccc(C)c(F)c1)NC1C2CCOC2C12CCCC2. The van der Waals surface area contributed by atoms with Crippen LogP contribution in [0.15, 0.2) is 23.2 Å². The Morgan fingerprint density at radius 1 is 1.36 bits per heavy atom. The van der Waals surface area contributed by atoms with Crippen molar-refractivity contribution >= 4 is 5.96 Å². The molecule has 0 bridgehead atoms. The molecule has 1 saturated heterocycles. The molecule has 136 valence electrons. The van der Waals surface area contributed by atoms with Gasteiger partial charge in [0.15, 0.2) is 5.96 Å². The van der Waals surface area contributed by atoms with Crippen molar-refractivity contribution in [2.24, 2.45) is 16.3 Å². The number of nitrogens with one attached hydrogen (secondary N) is 2. The van der Waals surface area contributed by atoms with Crippen LogP contribution in [-0.4, -0.2) is 31.8 Å². The summed E-state index contributed by atoms with van der Waals surface area (Å²) in [6, 6.07) is 5.82. The highest BCUT2D eigenvalue weighted by Gasteiger charge is 2.65. The van der Waals surface area contributed by atoms with Gasteiger partial charge in [-0.1, -0.05) is 25.0 Å². The van der Waals surface area contributed by atoms with Crippen molar-refractivity contribution in [1.29, 1.82) is 0 Å². The molecule has 4 nitrogen and oxygen atoms in total. The van der Waals surface area contributed by atoms with E-state index in [0.717, 1.165) is 24.6 Å². The monoisotopic (exact) mass is 345 g/mol. The molecule has 1 heterocycles. The Bertz CT molecular complexity index is 669. The molecule has 2 N–H and O–H groups in total. The largest absolute Gasteiger partial charge is 0.377 e. The minimum Gasteiger partial charge on any atom is -0.377 e. The fourth-order valence-electron chi connectivity index (χ4n) is 5.18. The number of fused-ring (bicyclic) bond motifs is 2. The molecule has 0 amide bonds. The molecule has 1 aliphatic heterocycles. The molecular weight excluding hydrogens is 317 g/mol. The molecule has 0 aromatic heterocycles. The second-order valence-corrected chi connectivity index (χ2v) is 7.82. The van der Waals surface area contributed by atoms with E-state index in [1.54, 1.807) is 20.0 Å². The molecule has 3 atom stereocenters. The lowest BCUT2D eigenvalue weighted by Crippen LogP contribution is -2.69. The van der Waals surface area contributed by atoms with Gasteiger partial charge in [-0.2, -0.15) is 0 Å². The first-order chi connectivity index (χ1) is 12.1. The Morgan fingerprint density at radius 3 is 2.88 bits per heavy atom. The molecule has 5 heteroatoms. The Kier molecular flexibility index (Phi) is 4.44. The lowest BCUT2D eigenvalue weighted by molar-refractivity contribution is -0.125. The predicted molar refractivity (Wildman–Crippen MR) is 97.0 cm³/mol. The lowest BCUT2D eigenvalue weighted by Gasteiger charge is -2.57. The summed E-state index contributed by atoms with van der Waals surface area (Å²) in [5, 5.41) is 7.02. The number of hydrogen-bond donors (Lipinski definition) is 2. The van der Waals surface area contributed by atoms with Gasteiger partial charge in [0.2, 0.25) is 0 Å². The van der Waals surface area contributed by atoms with Crippen LogP contribution in [0.25, 0.3) is 0 Å². The number of guanidine groups is 1. The van der Waals surface area contributed by atoms with Gasteiger partial charge in [-0.05, 0) is 43.4 Å². The van der Waals surface area contributed by atoms with Gasteiger partial charge < -0.3 is 15.4 Å². The molecule has 2 saturated carbocycles. The van der Waals surface area contributed by atoms with E-state index in [4.69, 9.17) is 4.74 Å². The summed E-state index contributed by atoms with van der Waals surface area (Å²) in [6.45, 7) is 3.25. The van der Waals surface area contributed by atoms with E-state index in [9.17, 15) is 4.39 Å². The van der Waals surface area contributed by atoms with E-state index in [1.807, 2.05) is 12.1 Å². The summed E-state index contributed by atoms with van der Waals surface area (Å²) < 4.78 is 19.8. The molecule has 3 unspecified atom stereocenters. The molecule has 3 aliphatic rings. The summed E-state index contributed by atoms with van der Waals surface area (Å²) in [4.78, 5) is 4.39. The van der Waals surface area contributed by atoms with Crippen LogP contribution < -0.4 is 10.6 Å². The molecule has 1 aromatic carbocycles. The topological polar surface area (TPSA) is 45.7 Å². The van der Waals surface area contributed by atoms with Gasteiger partial charge in [0.25, 0.3) is 0 Å². The van der Waals surface area contributed by atoms with Crippen molar-refractivity contribution in [3.63, 3.8) is 0 Å². The fraction of sp³-hybridized carbons (Fsp3) is 0.650. The van der Waals surface area contributed by atoms with Crippen LogP contribution in [0.1, 0.15) is 43.2 Å². The first-order valence-electron chi connectivity index (χ1n) is 9.48. The number of rotatable bonds is 3. The third kappa shape index (κ3) is 2.82. The smallest absolute Gasteiger partial charge is 0.191 e. The maximum absolute atomic E-state index is 13.7. The Morgan fingerprint density at radius 2 is 2.16 bits per heavy atom. The van der Waals surface area contributed by atoms with Crippen LogP contribution in [0.3, 0.4) is 0 Å². The second kappa shape index (κ2) is 6.60. The van der Waals surface area contributed by atoms with E-state index in [1.165, 1.54) is 25.7 Å². The standard InChI is InChI=1S/C20H28FN3O/c1-13-5-6-14(11-16(13)21)12-23-19(22-2)24-17-15-7-10-25-18(15)20(17)8-3-4-9-20/h5-6,11,15,17-18H,3-4,7-10,12H2,1-2H3,(H2,22,23,24). The van der Waals surface area contributed by atoms with E-state index in [-0.39, 0.29) is 5.82 Å². The van der Waals surface area contributed by atoms with Gasteiger partial charge >= 0.3 is 0 Å². The van der Waals surface area contributed by atoms with Crippen LogP contribution in [0.4, 0.5) is 4.39 Å². The summed E-state index contributed by atoms with van der Waals surface area (Å²) in [6.07, 6.45) is 6.71. The lowest BCUT2D eigenvalue weighted by atomic mass is 9.54. The molecule has 3 fully saturated rings. The number of halogens is 1. The Hall–Kier alpha value is -1.62. The first-order valence-corrected chi connectivity index (χ1v) is 9.48. The summed E-state index contributed by atoms with van der Waals surface area (Å²) in [5.41, 5.74) is 1.91. The molecule has 1 spiro atoms. The van der Waals surface area contributed by atoms with E-state index < -0.39 is 0 Å². The fourth-order valence-corrected chi connectivity index (χ4v) is 5.18. The van der Waals surface area contributed by atoms with E-state index in [2.05, 4.69) is 15.6 Å². The first kappa shape index (κ1) is 16.8. The van der Waals surface area contributed by atoms with Gasteiger partial charge in [0, 0.05) is 37.6 Å². The minimum absolute atomic E-state index is 0.155. The van der Waals surface area contributed by atoms with Gasteiger partial charge in [0.05, 0.1) is 6.10 Å². The van der Waals surface area contributed by atoms with Crippen LogP contribution >= 0.6 is 0 Å². The highest BCUT2D eigenvalue weighted by molar-refractivity contribution is 5.80. The van der Waals surface area contributed by atoms with Crippen molar-refractivity contribution < 1.29 is 9.13 Å². The van der Waals surface area contributed by atoms with Gasteiger partial charge in [-0.3, -0.25) is 4.99 Å². The zero-order chi connectivity index (χ0) is 17.4. The number of hydrogen-bond acceptors (Lipinski definition) is 2. The summed E-state index contributed by atoms with van der Waals surface area (Å²) >= 11 is 0. The average molecular weight is 345 g/mol. The number of nitrogens with zero attached hydrogens (tertiary/aromatic N) is 1. The zero-order valence-electron chi connectivity index (χ0n) is 15.1. The third-order valence-corrected chi connectivity index (χ3v) is 6.50. The minimum atomic E-state index is -0.155. The van der Waals surface area contributed by atoms with E-state index in [0.29, 0.717) is 35.6 Å². The summed E-state index contributed by atoms with van der Waals surface area (Å²) in [7, 11) is 1.80. The maximum Gasteiger partial charge on any atom is 0.191 e. The molecule has 0 radical (unpaired) electrons. The average Bonchev–Trinajstić information content (AvgIpc) is 3.26. The van der Waals surface area contributed by atoms with Crippen LogP contribution in [-0.2, 0) is 11.3 Å². The Balaban J connectivity index is 1.41. The van der Waals surface area contributed by atoms with Crippen molar-refractivity contribution in [3.05, 3.63) is 35.1 Å². The zero-order valence-corrected chi connectivity index (χ0v) is 15.1. The molecular formula is C20H28FN3O. The predicted octanol–water partition coefficient (Wildman–Crippen LogP) is 3.15. The number of aliphatic imine (C=N–C) groups is 1. The third-order valence-electron chi connectivity index (χ3n) is 6.50. The molecule has 2 aliphatic carbocycles.